The van der Waals surface area contributed by atoms with Gasteiger partial charge in [0.2, 0.25) is 5.91 Å². The second kappa shape index (κ2) is 6.12. The van der Waals surface area contributed by atoms with Crippen molar-refractivity contribution in [2.75, 3.05) is 6.54 Å². The third-order valence-electron chi connectivity index (χ3n) is 3.60. The van der Waals surface area contributed by atoms with E-state index in [9.17, 15) is 4.79 Å². The number of hydrogen-bond donors (Lipinski definition) is 2. The van der Waals surface area contributed by atoms with Gasteiger partial charge in [0.15, 0.2) is 0 Å². The topological polar surface area (TPSA) is 72.4 Å². The second-order valence-electron chi connectivity index (χ2n) is 4.90. The van der Waals surface area contributed by atoms with Gasteiger partial charge in [0.1, 0.15) is 0 Å². The molecule has 4 N–H and O–H groups in total. The number of carbonyl (C=O) groups excluding carboxylic acids is 1. The van der Waals surface area contributed by atoms with E-state index in [0.717, 1.165) is 24.9 Å². The van der Waals surface area contributed by atoms with Gasteiger partial charge in [-0.1, -0.05) is 42.5 Å². The highest BCUT2D eigenvalue weighted by atomic mass is 32.1. The summed E-state index contributed by atoms with van der Waals surface area (Å²) in [6.07, 6.45) is 2.37. The molecule has 0 radical (unpaired) electrons. The number of benzene rings is 1. The third-order valence-corrected chi connectivity index (χ3v) is 3.77. The molecule has 1 heterocycles. The summed E-state index contributed by atoms with van der Waals surface area (Å²) in [4.78, 5) is 14.1. The molecular formula is C14H19N3OS. The second-order valence-corrected chi connectivity index (χ2v) is 5.42. The van der Waals surface area contributed by atoms with Gasteiger partial charge in [-0.3, -0.25) is 9.69 Å². The van der Waals surface area contributed by atoms with Crippen LogP contribution in [0.2, 0.25) is 0 Å². The largest absolute Gasteiger partial charge is 0.393 e. The number of thiocarbonyl (C=S) groups is 1. The lowest BCUT2D eigenvalue weighted by Crippen LogP contribution is -2.43. The summed E-state index contributed by atoms with van der Waals surface area (Å²) in [7, 11) is 0. The Bertz CT molecular complexity index is 463. The Kier molecular flexibility index (Phi) is 4.50. The fourth-order valence-electron chi connectivity index (χ4n) is 2.76. The van der Waals surface area contributed by atoms with Gasteiger partial charge in [0.25, 0.3) is 0 Å². The molecule has 4 nitrogen and oxygen atoms in total. The van der Waals surface area contributed by atoms with E-state index < -0.39 is 0 Å². The van der Waals surface area contributed by atoms with Gasteiger partial charge >= 0.3 is 0 Å². The van der Waals surface area contributed by atoms with E-state index in [0.29, 0.717) is 11.4 Å². The molecule has 1 amide bonds. The van der Waals surface area contributed by atoms with Crippen molar-refractivity contribution in [1.29, 1.82) is 0 Å². The van der Waals surface area contributed by atoms with Crippen molar-refractivity contribution in [1.82, 2.24) is 4.90 Å². The van der Waals surface area contributed by atoms with Crippen LogP contribution in [0, 0.1) is 0 Å². The van der Waals surface area contributed by atoms with Crippen LogP contribution in [0.5, 0.6) is 0 Å². The highest BCUT2D eigenvalue weighted by Crippen LogP contribution is 2.31. The van der Waals surface area contributed by atoms with Gasteiger partial charge in [-0.25, -0.2) is 0 Å². The molecule has 1 aromatic carbocycles. The maximum Gasteiger partial charge on any atom is 0.234 e. The lowest BCUT2D eigenvalue weighted by atomic mass is 10.0. The number of hydrogen-bond acceptors (Lipinski definition) is 3. The van der Waals surface area contributed by atoms with E-state index >= 15 is 0 Å². The van der Waals surface area contributed by atoms with Crippen LogP contribution < -0.4 is 11.5 Å². The van der Waals surface area contributed by atoms with E-state index in [2.05, 4.69) is 4.90 Å². The van der Waals surface area contributed by atoms with Crippen LogP contribution in [0.15, 0.2) is 30.3 Å². The molecule has 0 spiro atoms. The molecule has 1 aliphatic rings. The zero-order valence-electron chi connectivity index (χ0n) is 10.8. The van der Waals surface area contributed by atoms with E-state index in [-0.39, 0.29) is 18.0 Å². The van der Waals surface area contributed by atoms with Gasteiger partial charge in [-0.2, -0.15) is 0 Å². The number of nitrogens with zero attached hydrogens (tertiary/aromatic N) is 1. The fraction of sp³-hybridized carbons (Fsp3) is 0.429. The number of rotatable bonds is 5. The molecule has 1 aliphatic heterocycles. The van der Waals surface area contributed by atoms with Crippen LogP contribution >= 0.6 is 12.2 Å². The molecule has 0 saturated carbocycles. The maximum absolute atomic E-state index is 11.6. The van der Waals surface area contributed by atoms with E-state index in [4.69, 9.17) is 23.7 Å². The average Bonchev–Trinajstić information content (AvgIpc) is 2.86. The summed E-state index contributed by atoms with van der Waals surface area (Å²) in [5, 5.41) is 0. The molecule has 0 bridgehead atoms. The Morgan fingerprint density at radius 1 is 1.37 bits per heavy atom. The standard InChI is InChI=1S/C14H19N3OS/c15-13(19)9-12(10-5-2-1-3-6-10)17-8-4-7-11(17)14(16)18/h1-3,5-6,11-12H,4,7-9H2,(H2,15,19)(H2,16,18). The molecular weight excluding hydrogens is 258 g/mol. The van der Waals surface area contributed by atoms with Gasteiger partial charge < -0.3 is 11.5 Å². The van der Waals surface area contributed by atoms with Crippen molar-refractivity contribution in [2.45, 2.75) is 31.3 Å². The Balaban J connectivity index is 2.27. The summed E-state index contributed by atoms with van der Waals surface area (Å²) >= 11 is 5.05. The lowest BCUT2D eigenvalue weighted by molar-refractivity contribution is -0.123. The highest BCUT2D eigenvalue weighted by molar-refractivity contribution is 7.80. The summed E-state index contributed by atoms with van der Waals surface area (Å²) in [5.74, 6) is -0.263. The quantitative estimate of drug-likeness (QED) is 0.797. The monoisotopic (exact) mass is 277 g/mol. The van der Waals surface area contributed by atoms with Crippen LogP contribution in [-0.4, -0.2) is 28.4 Å². The molecule has 1 fully saturated rings. The van der Waals surface area contributed by atoms with Crippen LogP contribution in [-0.2, 0) is 4.79 Å². The summed E-state index contributed by atoms with van der Waals surface area (Å²) in [6, 6.07) is 9.85. The Labute approximate surface area is 118 Å². The van der Waals surface area contributed by atoms with E-state index in [1.807, 2.05) is 30.3 Å². The fourth-order valence-corrected chi connectivity index (χ4v) is 2.92. The minimum Gasteiger partial charge on any atom is -0.393 e. The summed E-state index contributed by atoms with van der Waals surface area (Å²) in [6.45, 7) is 0.857. The molecule has 102 valence electrons. The molecule has 2 rings (SSSR count). The van der Waals surface area contributed by atoms with Crippen molar-refractivity contribution in [3.8, 4) is 0 Å². The van der Waals surface area contributed by atoms with Crippen LogP contribution in [0.4, 0.5) is 0 Å². The smallest absolute Gasteiger partial charge is 0.234 e. The SMILES string of the molecule is NC(=O)C1CCCN1C(CC(N)=S)c1ccccc1. The Hall–Kier alpha value is -1.46. The van der Waals surface area contributed by atoms with Crippen LogP contribution in [0.3, 0.4) is 0 Å². The maximum atomic E-state index is 11.6. The van der Waals surface area contributed by atoms with E-state index in [1.54, 1.807) is 0 Å². The number of carbonyl (C=O) groups is 1. The normalized spacial score (nSPS) is 21.2. The van der Waals surface area contributed by atoms with Gasteiger partial charge in [0.05, 0.1) is 11.0 Å². The predicted molar refractivity (Wildman–Crippen MR) is 79.5 cm³/mol. The van der Waals surface area contributed by atoms with Gasteiger partial charge in [0, 0.05) is 12.5 Å². The first kappa shape index (κ1) is 14.0. The molecule has 2 unspecified atom stereocenters. The molecule has 19 heavy (non-hydrogen) atoms. The van der Waals surface area contributed by atoms with E-state index in [1.165, 1.54) is 0 Å². The van der Waals surface area contributed by atoms with Crippen molar-refractivity contribution in [2.24, 2.45) is 11.5 Å². The molecule has 5 heteroatoms. The lowest BCUT2D eigenvalue weighted by Gasteiger charge is -2.31. The van der Waals surface area contributed by atoms with Crippen molar-refractivity contribution >= 4 is 23.1 Å². The van der Waals surface area contributed by atoms with Crippen molar-refractivity contribution in [3.05, 3.63) is 35.9 Å². The van der Waals surface area contributed by atoms with Gasteiger partial charge in [-0.15, -0.1) is 0 Å². The van der Waals surface area contributed by atoms with Crippen LogP contribution in [0.25, 0.3) is 0 Å². The first-order chi connectivity index (χ1) is 9.09. The average molecular weight is 277 g/mol. The van der Waals surface area contributed by atoms with Crippen molar-refractivity contribution in [3.63, 3.8) is 0 Å². The minimum absolute atomic E-state index is 0.0405. The first-order valence-corrected chi connectivity index (χ1v) is 6.88. The minimum atomic E-state index is -0.263. The number of likely N-dealkylation sites (tertiary alicyclic amines) is 1. The highest BCUT2D eigenvalue weighted by Gasteiger charge is 2.34. The number of primary amides is 1. The zero-order chi connectivity index (χ0) is 13.8. The number of nitrogens with two attached hydrogens (primary N) is 2. The Morgan fingerprint density at radius 3 is 2.63 bits per heavy atom. The molecule has 1 aromatic rings. The third kappa shape index (κ3) is 3.30. The summed E-state index contributed by atoms with van der Waals surface area (Å²) in [5.41, 5.74) is 12.3. The zero-order valence-corrected chi connectivity index (χ0v) is 11.6. The van der Waals surface area contributed by atoms with Crippen LogP contribution in [0.1, 0.15) is 30.9 Å². The first-order valence-electron chi connectivity index (χ1n) is 6.48. The van der Waals surface area contributed by atoms with Crippen molar-refractivity contribution < 1.29 is 4.79 Å². The predicted octanol–water partition coefficient (Wildman–Crippen LogP) is 1.35. The molecule has 1 saturated heterocycles. The Morgan fingerprint density at radius 2 is 2.05 bits per heavy atom. The summed E-state index contributed by atoms with van der Waals surface area (Å²) < 4.78 is 0. The molecule has 0 aromatic heterocycles. The number of amides is 1. The van der Waals surface area contributed by atoms with Gasteiger partial charge in [-0.05, 0) is 24.9 Å². The molecule has 2 atom stereocenters. The molecule has 0 aliphatic carbocycles.